The first-order valence-corrected chi connectivity index (χ1v) is 12.2. The highest BCUT2D eigenvalue weighted by atomic mass is 32.2. The van der Waals surface area contributed by atoms with Crippen molar-refractivity contribution in [3.05, 3.63) is 0 Å². The summed E-state index contributed by atoms with van der Waals surface area (Å²) in [5.74, 6) is 9.30. The second kappa shape index (κ2) is 22.2. The Hall–Kier alpha value is 1.24. The van der Waals surface area contributed by atoms with Gasteiger partial charge in [0, 0.05) is 46.0 Å². The maximum Gasteiger partial charge on any atom is 0.0698 e. The molecule has 0 aromatic carbocycles. The van der Waals surface area contributed by atoms with Crippen LogP contribution >= 0.6 is 47.0 Å². The summed E-state index contributed by atoms with van der Waals surface area (Å²) in [5, 5.41) is 17.1. The number of aliphatic hydroxyl groups is 2. The van der Waals surface area contributed by atoms with Crippen LogP contribution in [0.15, 0.2) is 0 Å². The molecule has 134 valence electrons. The molecule has 22 heavy (non-hydrogen) atoms. The highest BCUT2D eigenvalue weighted by Gasteiger charge is 1.95. The lowest BCUT2D eigenvalue weighted by Crippen LogP contribution is -2.03. The number of hydrogen-bond acceptors (Lipinski definition) is 8. The molecule has 0 aliphatic rings. The molecule has 4 nitrogen and oxygen atoms in total. The lowest BCUT2D eigenvalue weighted by atomic mass is 10.7. The number of hydrogen-bond donors (Lipinski definition) is 2. The zero-order chi connectivity index (χ0) is 16.1. The molecule has 0 bridgehead atoms. The normalized spacial score (nSPS) is 11.2. The number of rotatable bonds is 19. The average Bonchev–Trinajstić information content (AvgIpc) is 2.54. The van der Waals surface area contributed by atoms with Crippen LogP contribution < -0.4 is 0 Å². The van der Waals surface area contributed by atoms with Gasteiger partial charge in [-0.1, -0.05) is 0 Å². The first-order chi connectivity index (χ1) is 10.9. The maximum atomic E-state index is 8.55. The minimum absolute atomic E-state index is 0.119. The van der Waals surface area contributed by atoms with Crippen molar-refractivity contribution in [1.82, 2.24) is 0 Å². The number of ether oxygens (including phenoxy) is 2. The summed E-state index contributed by atoms with van der Waals surface area (Å²) in [7, 11) is 0. The fraction of sp³-hybridized carbons (Fsp3) is 1.00. The molecule has 0 fully saturated rings. The quantitative estimate of drug-likeness (QED) is 0.325. The lowest BCUT2D eigenvalue weighted by molar-refractivity contribution is 0.103. The Morgan fingerprint density at radius 1 is 0.455 bits per heavy atom. The lowest BCUT2D eigenvalue weighted by Gasteiger charge is -2.04. The molecule has 0 saturated heterocycles. The van der Waals surface area contributed by atoms with E-state index in [9.17, 15) is 0 Å². The predicted octanol–water partition coefficient (Wildman–Crippen LogP) is 1.94. The van der Waals surface area contributed by atoms with Gasteiger partial charge in [0.15, 0.2) is 0 Å². The van der Waals surface area contributed by atoms with E-state index in [0.29, 0.717) is 13.2 Å². The van der Waals surface area contributed by atoms with Gasteiger partial charge in [-0.15, -0.1) is 0 Å². The Bertz CT molecular complexity index is 182. The van der Waals surface area contributed by atoms with E-state index in [-0.39, 0.29) is 13.2 Å². The molecule has 0 saturated carbocycles. The molecule has 0 atom stereocenters. The smallest absolute Gasteiger partial charge is 0.0698 e. The maximum absolute atomic E-state index is 8.55. The minimum Gasteiger partial charge on any atom is -0.394 e. The Kier molecular flexibility index (Phi) is 23.5. The highest BCUT2D eigenvalue weighted by molar-refractivity contribution is 8.05. The van der Waals surface area contributed by atoms with Gasteiger partial charge in [0.25, 0.3) is 0 Å². The SMILES string of the molecule is OCCOCCSCCSCCSCCSCCOCCO. The summed E-state index contributed by atoms with van der Waals surface area (Å²) >= 11 is 7.89. The van der Waals surface area contributed by atoms with Crippen LogP contribution in [0.3, 0.4) is 0 Å². The Balaban J connectivity index is 2.91. The van der Waals surface area contributed by atoms with Gasteiger partial charge in [0.05, 0.1) is 39.6 Å². The molecule has 0 spiro atoms. The molecule has 0 unspecified atom stereocenters. The molecule has 2 N–H and O–H groups in total. The Morgan fingerprint density at radius 2 is 0.773 bits per heavy atom. The Morgan fingerprint density at radius 3 is 1.09 bits per heavy atom. The van der Waals surface area contributed by atoms with E-state index in [2.05, 4.69) is 0 Å². The predicted molar refractivity (Wildman–Crippen MR) is 105 cm³/mol. The summed E-state index contributed by atoms with van der Waals surface area (Å²) in [4.78, 5) is 0. The van der Waals surface area contributed by atoms with Crippen LogP contribution in [0.25, 0.3) is 0 Å². The zero-order valence-electron chi connectivity index (χ0n) is 13.2. The molecule has 8 heteroatoms. The van der Waals surface area contributed by atoms with E-state index in [4.69, 9.17) is 19.7 Å². The van der Waals surface area contributed by atoms with Crippen molar-refractivity contribution in [3.63, 3.8) is 0 Å². The second-order valence-corrected chi connectivity index (χ2v) is 9.02. The summed E-state index contributed by atoms with van der Waals surface area (Å²) in [6.45, 7) is 2.65. The van der Waals surface area contributed by atoms with Gasteiger partial charge in [-0.2, -0.15) is 47.0 Å². The molecular weight excluding hydrogens is 360 g/mol. The van der Waals surface area contributed by atoms with Crippen LogP contribution in [0.1, 0.15) is 0 Å². The van der Waals surface area contributed by atoms with Gasteiger partial charge in [-0.25, -0.2) is 0 Å². The van der Waals surface area contributed by atoms with Crippen LogP contribution in [-0.2, 0) is 9.47 Å². The number of thioether (sulfide) groups is 4. The van der Waals surface area contributed by atoms with E-state index in [0.717, 1.165) is 24.7 Å². The van der Waals surface area contributed by atoms with Crippen molar-refractivity contribution < 1.29 is 19.7 Å². The van der Waals surface area contributed by atoms with Crippen LogP contribution in [0.4, 0.5) is 0 Å². The Labute approximate surface area is 152 Å². The van der Waals surface area contributed by atoms with Crippen LogP contribution in [-0.4, -0.2) is 95.9 Å². The minimum atomic E-state index is 0.119. The average molecular weight is 391 g/mol. The van der Waals surface area contributed by atoms with Gasteiger partial charge >= 0.3 is 0 Å². The van der Waals surface area contributed by atoms with E-state index in [1.54, 1.807) is 0 Å². The third-order valence-electron chi connectivity index (χ3n) is 2.33. The largest absolute Gasteiger partial charge is 0.394 e. The molecule has 0 aliphatic carbocycles. The molecule has 0 aromatic rings. The molecule has 0 heterocycles. The molecule has 0 amide bonds. The van der Waals surface area contributed by atoms with Crippen LogP contribution in [0.2, 0.25) is 0 Å². The van der Waals surface area contributed by atoms with Crippen molar-refractivity contribution in [2.75, 3.05) is 85.7 Å². The molecular formula is C14H30O4S4. The molecule has 0 aliphatic heterocycles. The fourth-order valence-corrected chi connectivity index (χ4v) is 5.45. The van der Waals surface area contributed by atoms with E-state index < -0.39 is 0 Å². The molecule has 0 rings (SSSR count). The van der Waals surface area contributed by atoms with E-state index in [1.807, 2.05) is 47.0 Å². The van der Waals surface area contributed by atoms with Gasteiger partial charge in [0.1, 0.15) is 0 Å². The van der Waals surface area contributed by atoms with Crippen molar-refractivity contribution in [3.8, 4) is 0 Å². The second-order valence-electron chi connectivity index (χ2n) is 4.12. The van der Waals surface area contributed by atoms with Crippen LogP contribution in [0, 0.1) is 0 Å². The summed E-state index contributed by atoms with van der Waals surface area (Å²) < 4.78 is 10.4. The molecule has 0 radical (unpaired) electrons. The topological polar surface area (TPSA) is 58.9 Å². The highest BCUT2D eigenvalue weighted by Crippen LogP contribution is 2.12. The standard InChI is InChI=1S/C14H30O4S4/c15-1-3-17-5-7-19-9-11-21-13-14-22-12-10-20-8-6-18-4-2-16/h15-16H,1-14H2. The van der Waals surface area contributed by atoms with Gasteiger partial charge in [-0.05, 0) is 0 Å². The number of aliphatic hydroxyl groups excluding tert-OH is 2. The third-order valence-corrected chi connectivity index (χ3v) is 6.97. The van der Waals surface area contributed by atoms with Gasteiger partial charge in [0.2, 0.25) is 0 Å². The van der Waals surface area contributed by atoms with Crippen molar-refractivity contribution in [1.29, 1.82) is 0 Å². The fourth-order valence-electron chi connectivity index (χ4n) is 1.33. The first-order valence-electron chi connectivity index (χ1n) is 7.60. The van der Waals surface area contributed by atoms with Gasteiger partial charge < -0.3 is 19.7 Å². The summed E-state index contributed by atoms with van der Waals surface area (Å²) in [6.07, 6.45) is 0. The third kappa shape index (κ3) is 21.2. The van der Waals surface area contributed by atoms with E-state index in [1.165, 1.54) is 34.5 Å². The van der Waals surface area contributed by atoms with Crippen molar-refractivity contribution >= 4 is 47.0 Å². The summed E-state index contributed by atoms with van der Waals surface area (Å²) in [6, 6.07) is 0. The van der Waals surface area contributed by atoms with Crippen LogP contribution in [0.5, 0.6) is 0 Å². The van der Waals surface area contributed by atoms with Crippen molar-refractivity contribution in [2.45, 2.75) is 0 Å². The van der Waals surface area contributed by atoms with Crippen molar-refractivity contribution in [2.24, 2.45) is 0 Å². The summed E-state index contributed by atoms with van der Waals surface area (Å²) in [5.41, 5.74) is 0. The zero-order valence-corrected chi connectivity index (χ0v) is 16.5. The van der Waals surface area contributed by atoms with Gasteiger partial charge in [-0.3, -0.25) is 0 Å². The molecule has 0 aromatic heterocycles. The monoisotopic (exact) mass is 390 g/mol. The van der Waals surface area contributed by atoms with E-state index >= 15 is 0 Å². The first kappa shape index (κ1) is 23.2.